The van der Waals surface area contributed by atoms with E-state index in [1.165, 1.54) is 0 Å². The first kappa shape index (κ1) is 13.8. The van der Waals surface area contributed by atoms with E-state index >= 15 is 0 Å². The monoisotopic (exact) mass is 252 g/mol. The van der Waals surface area contributed by atoms with Gasteiger partial charge in [0.1, 0.15) is 0 Å². The zero-order valence-electron chi connectivity index (χ0n) is 10.1. The molecule has 1 aromatic rings. The molecule has 0 amide bonds. The zero-order valence-corrected chi connectivity index (χ0v) is 10.9. The molecule has 92 valence electrons. The molecule has 0 fully saturated rings. The fourth-order valence-electron chi connectivity index (χ4n) is 1.37. The van der Waals surface area contributed by atoms with Crippen LogP contribution in [0.15, 0.2) is 24.3 Å². The van der Waals surface area contributed by atoms with Crippen molar-refractivity contribution in [2.75, 3.05) is 18.6 Å². The van der Waals surface area contributed by atoms with Crippen molar-refractivity contribution in [3.05, 3.63) is 35.4 Å². The van der Waals surface area contributed by atoms with Crippen molar-refractivity contribution in [3.8, 4) is 0 Å². The minimum absolute atomic E-state index is 0.0606. The molecule has 0 aromatic heterocycles. The Kier molecular flexibility index (Phi) is 5.77. The van der Waals surface area contributed by atoms with Gasteiger partial charge in [-0.1, -0.05) is 12.1 Å². The molecule has 0 aliphatic carbocycles. The highest BCUT2D eigenvalue weighted by Gasteiger charge is 2.10. The normalized spacial score (nSPS) is 10.0. The predicted octanol–water partition coefficient (Wildman–Crippen LogP) is 2.80. The standard InChI is InChI=1S/C13H16O3S/c1-3-16-13(15)11-6-4-5-10(9-11)12(14)7-8-17-2/h4-6,9H,3,7-8H2,1-2H3. The number of hydrogen-bond acceptors (Lipinski definition) is 4. The maximum Gasteiger partial charge on any atom is 0.338 e. The number of esters is 1. The number of benzene rings is 1. The molecule has 3 nitrogen and oxygen atoms in total. The van der Waals surface area contributed by atoms with Crippen molar-refractivity contribution in [1.82, 2.24) is 0 Å². The maximum absolute atomic E-state index is 11.8. The van der Waals surface area contributed by atoms with Gasteiger partial charge in [0.25, 0.3) is 0 Å². The van der Waals surface area contributed by atoms with Crippen LogP contribution in [0, 0.1) is 0 Å². The van der Waals surface area contributed by atoms with E-state index in [0.29, 0.717) is 24.2 Å². The summed E-state index contributed by atoms with van der Waals surface area (Å²) in [6.07, 6.45) is 2.45. The largest absolute Gasteiger partial charge is 0.462 e. The third-order valence-corrected chi connectivity index (χ3v) is 2.84. The molecular weight excluding hydrogens is 236 g/mol. The molecule has 0 saturated carbocycles. The minimum atomic E-state index is -0.382. The minimum Gasteiger partial charge on any atom is -0.462 e. The van der Waals surface area contributed by atoms with Gasteiger partial charge in [-0.3, -0.25) is 4.79 Å². The second kappa shape index (κ2) is 7.12. The molecule has 0 atom stereocenters. The second-order valence-corrected chi connectivity index (χ2v) is 4.45. The van der Waals surface area contributed by atoms with Crippen molar-refractivity contribution >= 4 is 23.5 Å². The van der Waals surface area contributed by atoms with E-state index in [2.05, 4.69) is 0 Å². The van der Waals surface area contributed by atoms with Gasteiger partial charge in [-0.2, -0.15) is 11.8 Å². The van der Waals surface area contributed by atoms with E-state index in [1.54, 1.807) is 43.0 Å². The number of Topliss-reactive ketones (excluding diaryl/α,β-unsaturated/α-hetero) is 1. The van der Waals surface area contributed by atoms with E-state index in [1.807, 2.05) is 6.26 Å². The molecule has 0 N–H and O–H groups in total. The molecule has 0 unspecified atom stereocenters. The topological polar surface area (TPSA) is 43.4 Å². The van der Waals surface area contributed by atoms with Crippen LogP contribution in [0.5, 0.6) is 0 Å². The molecular formula is C13H16O3S. The van der Waals surface area contributed by atoms with Crippen LogP contribution < -0.4 is 0 Å². The van der Waals surface area contributed by atoms with Gasteiger partial charge < -0.3 is 4.74 Å². The lowest BCUT2D eigenvalue weighted by Gasteiger charge is -2.04. The third kappa shape index (κ3) is 4.23. The van der Waals surface area contributed by atoms with Crippen LogP contribution in [-0.2, 0) is 4.74 Å². The summed E-state index contributed by atoms with van der Waals surface area (Å²) in [6.45, 7) is 2.09. The number of ether oxygens (including phenoxy) is 1. The van der Waals surface area contributed by atoms with Gasteiger partial charge in [0, 0.05) is 17.7 Å². The van der Waals surface area contributed by atoms with Crippen LogP contribution in [0.3, 0.4) is 0 Å². The molecule has 0 heterocycles. The van der Waals surface area contributed by atoms with E-state index in [0.717, 1.165) is 5.75 Å². The molecule has 0 bridgehead atoms. The van der Waals surface area contributed by atoms with E-state index in [4.69, 9.17) is 4.74 Å². The van der Waals surface area contributed by atoms with Crippen molar-refractivity contribution in [3.63, 3.8) is 0 Å². The lowest BCUT2D eigenvalue weighted by atomic mass is 10.1. The van der Waals surface area contributed by atoms with Gasteiger partial charge in [0.2, 0.25) is 0 Å². The Balaban J connectivity index is 2.78. The van der Waals surface area contributed by atoms with Crippen LogP contribution in [0.25, 0.3) is 0 Å². The molecule has 1 aromatic carbocycles. The third-order valence-electron chi connectivity index (χ3n) is 2.23. The highest BCUT2D eigenvalue weighted by molar-refractivity contribution is 7.98. The molecule has 0 radical (unpaired) electrons. The van der Waals surface area contributed by atoms with Gasteiger partial charge in [0.05, 0.1) is 12.2 Å². The summed E-state index contributed by atoms with van der Waals surface area (Å²) in [6, 6.07) is 6.69. The summed E-state index contributed by atoms with van der Waals surface area (Å²) in [5.74, 6) is 0.472. The van der Waals surface area contributed by atoms with Crippen molar-refractivity contribution in [1.29, 1.82) is 0 Å². The van der Waals surface area contributed by atoms with Crippen molar-refractivity contribution in [2.45, 2.75) is 13.3 Å². The number of rotatable bonds is 6. The van der Waals surface area contributed by atoms with Crippen LogP contribution in [0.4, 0.5) is 0 Å². The van der Waals surface area contributed by atoms with E-state index < -0.39 is 0 Å². The number of hydrogen-bond donors (Lipinski definition) is 0. The Morgan fingerprint density at radius 1 is 1.29 bits per heavy atom. The molecule has 4 heteroatoms. The highest BCUT2D eigenvalue weighted by atomic mass is 32.2. The summed E-state index contributed by atoms with van der Waals surface area (Å²) < 4.78 is 4.89. The van der Waals surface area contributed by atoms with E-state index in [9.17, 15) is 9.59 Å². The number of carbonyl (C=O) groups is 2. The van der Waals surface area contributed by atoms with Crippen LogP contribution in [0.2, 0.25) is 0 Å². The fraction of sp³-hybridized carbons (Fsp3) is 0.385. The summed E-state index contributed by atoms with van der Waals surface area (Å²) in [4.78, 5) is 23.3. The maximum atomic E-state index is 11.8. The Bertz CT molecular complexity index is 401. The Morgan fingerprint density at radius 2 is 2.00 bits per heavy atom. The highest BCUT2D eigenvalue weighted by Crippen LogP contribution is 2.10. The Morgan fingerprint density at radius 3 is 2.65 bits per heavy atom. The second-order valence-electron chi connectivity index (χ2n) is 3.47. The summed E-state index contributed by atoms with van der Waals surface area (Å²) in [5, 5.41) is 0. The summed E-state index contributed by atoms with van der Waals surface area (Å²) >= 11 is 1.63. The van der Waals surface area contributed by atoms with Gasteiger partial charge in [-0.25, -0.2) is 4.79 Å². The summed E-state index contributed by atoms with van der Waals surface area (Å²) in [5.41, 5.74) is 1.01. The number of thioether (sulfide) groups is 1. The van der Waals surface area contributed by atoms with E-state index in [-0.39, 0.29) is 11.8 Å². The first-order valence-electron chi connectivity index (χ1n) is 5.48. The Hall–Kier alpha value is -1.29. The number of carbonyl (C=O) groups excluding carboxylic acids is 2. The van der Waals surface area contributed by atoms with Crippen LogP contribution in [-0.4, -0.2) is 30.4 Å². The summed E-state index contributed by atoms with van der Waals surface area (Å²) in [7, 11) is 0. The first-order valence-corrected chi connectivity index (χ1v) is 6.87. The average Bonchev–Trinajstić information content (AvgIpc) is 2.36. The van der Waals surface area contributed by atoms with Crippen LogP contribution in [0.1, 0.15) is 34.1 Å². The quantitative estimate of drug-likeness (QED) is 0.577. The lowest BCUT2D eigenvalue weighted by molar-refractivity contribution is 0.0526. The molecule has 1 rings (SSSR count). The van der Waals surface area contributed by atoms with Gasteiger partial charge >= 0.3 is 5.97 Å². The smallest absolute Gasteiger partial charge is 0.338 e. The van der Waals surface area contributed by atoms with Gasteiger partial charge in [-0.05, 0) is 25.3 Å². The predicted molar refractivity (Wildman–Crippen MR) is 69.7 cm³/mol. The first-order chi connectivity index (χ1) is 8.19. The molecule has 0 aliphatic heterocycles. The molecule has 0 spiro atoms. The zero-order chi connectivity index (χ0) is 12.7. The molecule has 0 saturated heterocycles. The van der Waals surface area contributed by atoms with Crippen molar-refractivity contribution in [2.24, 2.45) is 0 Å². The van der Waals surface area contributed by atoms with Crippen molar-refractivity contribution < 1.29 is 14.3 Å². The van der Waals surface area contributed by atoms with Gasteiger partial charge in [-0.15, -0.1) is 0 Å². The molecule has 17 heavy (non-hydrogen) atoms. The van der Waals surface area contributed by atoms with Gasteiger partial charge in [0.15, 0.2) is 5.78 Å². The fourth-order valence-corrected chi connectivity index (χ4v) is 1.76. The number of ketones is 1. The van der Waals surface area contributed by atoms with Crippen LogP contribution >= 0.6 is 11.8 Å². The Labute approximate surface area is 106 Å². The lowest BCUT2D eigenvalue weighted by Crippen LogP contribution is -2.07. The average molecular weight is 252 g/mol. The molecule has 0 aliphatic rings. The SMILES string of the molecule is CCOC(=O)c1cccc(C(=O)CCSC)c1.